The van der Waals surface area contributed by atoms with Crippen LogP contribution in [0.15, 0.2) is 12.2 Å². The number of alkyl halides is 1. The van der Waals surface area contributed by atoms with Crippen LogP contribution in [0.3, 0.4) is 0 Å². The third kappa shape index (κ3) is 3.91. The smallest absolute Gasteiger partial charge is 0.0146 e. The number of rotatable bonds is 2. The van der Waals surface area contributed by atoms with Gasteiger partial charge in [-0.2, -0.15) is 0 Å². The van der Waals surface area contributed by atoms with Gasteiger partial charge in [-0.1, -0.05) is 47.8 Å². The molecule has 2 fully saturated rings. The van der Waals surface area contributed by atoms with Gasteiger partial charge in [-0.3, -0.25) is 0 Å². The molecule has 0 aromatic rings. The zero-order valence-electron chi connectivity index (χ0n) is 10.5. The van der Waals surface area contributed by atoms with Gasteiger partial charge < -0.3 is 0 Å². The first-order chi connectivity index (χ1) is 7.74. The second-order valence-electron chi connectivity index (χ2n) is 5.92. The van der Waals surface area contributed by atoms with Crippen LogP contribution >= 0.6 is 15.9 Å². The molecule has 0 aromatic carbocycles. The number of halogens is 1. The fourth-order valence-electron chi connectivity index (χ4n) is 3.06. The lowest BCUT2D eigenvalue weighted by atomic mass is 9.81. The lowest BCUT2D eigenvalue weighted by molar-refractivity contribution is 0.328. The molecular weight excluding hydrogens is 260 g/mol. The molecule has 0 aliphatic heterocycles. The van der Waals surface area contributed by atoms with Crippen LogP contribution in [0.2, 0.25) is 0 Å². The molecule has 0 atom stereocenters. The van der Waals surface area contributed by atoms with E-state index in [0.717, 1.165) is 22.6 Å². The molecule has 0 saturated heterocycles. The van der Waals surface area contributed by atoms with Gasteiger partial charge in [0.05, 0.1) is 0 Å². The minimum absolute atomic E-state index is 0.799. The van der Waals surface area contributed by atoms with Crippen LogP contribution in [-0.4, -0.2) is 4.83 Å². The van der Waals surface area contributed by atoms with Crippen molar-refractivity contribution in [3.8, 4) is 0 Å². The summed E-state index contributed by atoms with van der Waals surface area (Å²) in [6.07, 6.45) is 16.4. The Morgan fingerprint density at radius 2 is 1.19 bits per heavy atom. The quantitative estimate of drug-likeness (QED) is 0.475. The van der Waals surface area contributed by atoms with Crippen LogP contribution in [0.5, 0.6) is 0 Å². The summed E-state index contributed by atoms with van der Waals surface area (Å²) >= 11 is 3.73. The zero-order chi connectivity index (χ0) is 11.4. The minimum atomic E-state index is 0.799. The van der Waals surface area contributed by atoms with E-state index in [1.807, 2.05) is 0 Å². The molecule has 0 radical (unpaired) electrons. The Morgan fingerprint density at radius 3 is 1.69 bits per heavy atom. The van der Waals surface area contributed by atoms with E-state index in [1.54, 1.807) is 0 Å². The molecule has 0 nitrogen and oxygen atoms in total. The van der Waals surface area contributed by atoms with Gasteiger partial charge in [0.15, 0.2) is 0 Å². The van der Waals surface area contributed by atoms with E-state index < -0.39 is 0 Å². The van der Waals surface area contributed by atoms with Crippen molar-refractivity contribution in [3.63, 3.8) is 0 Å². The summed E-state index contributed by atoms with van der Waals surface area (Å²) in [5.41, 5.74) is 0. The number of hydrogen-bond acceptors (Lipinski definition) is 0. The number of hydrogen-bond donors (Lipinski definition) is 0. The molecule has 1 heteroatoms. The highest BCUT2D eigenvalue weighted by Gasteiger charge is 2.19. The lowest BCUT2D eigenvalue weighted by Gasteiger charge is -2.26. The van der Waals surface area contributed by atoms with Gasteiger partial charge in [-0.25, -0.2) is 0 Å². The Morgan fingerprint density at radius 1 is 0.750 bits per heavy atom. The van der Waals surface area contributed by atoms with E-state index >= 15 is 0 Å². The molecule has 0 unspecified atom stereocenters. The Labute approximate surface area is 109 Å². The lowest BCUT2D eigenvalue weighted by Crippen LogP contribution is -2.13. The predicted molar refractivity (Wildman–Crippen MR) is 74.9 cm³/mol. The van der Waals surface area contributed by atoms with Crippen molar-refractivity contribution in [2.24, 2.45) is 17.8 Å². The average Bonchev–Trinajstić information content (AvgIpc) is 2.30. The maximum Gasteiger partial charge on any atom is 0.0146 e. The van der Waals surface area contributed by atoms with Crippen molar-refractivity contribution in [1.82, 2.24) is 0 Å². The second kappa shape index (κ2) is 6.23. The SMILES string of the molecule is CC1CCC(C=CC2CCC(Br)CC2)CC1. The third-order valence-electron chi connectivity index (χ3n) is 4.42. The molecule has 2 saturated carbocycles. The predicted octanol–water partition coefficient (Wildman–Crippen LogP) is 5.32. The summed E-state index contributed by atoms with van der Waals surface area (Å²) in [7, 11) is 0. The van der Waals surface area contributed by atoms with Gasteiger partial charge in [-0.05, 0) is 56.3 Å². The van der Waals surface area contributed by atoms with E-state index in [1.165, 1.54) is 51.4 Å². The van der Waals surface area contributed by atoms with Crippen LogP contribution in [-0.2, 0) is 0 Å². The molecule has 0 amide bonds. The Kier molecular flexibility index (Phi) is 4.94. The highest BCUT2D eigenvalue weighted by molar-refractivity contribution is 9.09. The van der Waals surface area contributed by atoms with Crippen molar-refractivity contribution in [3.05, 3.63) is 12.2 Å². The monoisotopic (exact) mass is 284 g/mol. The fraction of sp³-hybridized carbons (Fsp3) is 0.867. The first-order valence-electron chi connectivity index (χ1n) is 7.06. The molecule has 0 bridgehead atoms. The first-order valence-corrected chi connectivity index (χ1v) is 7.98. The highest BCUT2D eigenvalue weighted by Crippen LogP contribution is 2.32. The summed E-state index contributed by atoms with van der Waals surface area (Å²) in [6.45, 7) is 2.40. The van der Waals surface area contributed by atoms with Crippen molar-refractivity contribution < 1.29 is 0 Å². The van der Waals surface area contributed by atoms with E-state index in [4.69, 9.17) is 0 Å². The van der Waals surface area contributed by atoms with E-state index in [2.05, 4.69) is 35.0 Å². The van der Waals surface area contributed by atoms with Crippen LogP contribution in [0.4, 0.5) is 0 Å². The summed E-state index contributed by atoms with van der Waals surface area (Å²) in [4.78, 5) is 0.799. The minimum Gasteiger partial charge on any atom is -0.0891 e. The Hall–Kier alpha value is 0.220. The topological polar surface area (TPSA) is 0 Å². The summed E-state index contributed by atoms with van der Waals surface area (Å²) in [5.74, 6) is 2.76. The van der Waals surface area contributed by atoms with E-state index in [-0.39, 0.29) is 0 Å². The van der Waals surface area contributed by atoms with Crippen LogP contribution < -0.4 is 0 Å². The molecule has 2 aliphatic carbocycles. The largest absolute Gasteiger partial charge is 0.0891 e. The zero-order valence-corrected chi connectivity index (χ0v) is 12.1. The van der Waals surface area contributed by atoms with Crippen LogP contribution in [0, 0.1) is 17.8 Å². The van der Waals surface area contributed by atoms with E-state index in [9.17, 15) is 0 Å². The van der Waals surface area contributed by atoms with Gasteiger partial charge in [0, 0.05) is 4.83 Å². The molecule has 0 spiro atoms. The maximum absolute atomic E-state index is 3.73. The van der Waals surface area contributed by atoms with Gasteiger partial charge in [0.1, 0.15) is 0 Å². The summed E-state index contributed by atoms with van der Waals surface area (Å²) in [5, 5.41) is 0. The first kappa shape index (κ1) is 12.7. The van der Waals surface area contributed by atoms with Gasteiger partial charge in [0.25, 0.3) is 0 Å². The Bertz CT molecular complexity index is 194. The van der Waals surface area contributed by atoms with Crippen molar-refractivity contribution >= 4 is 15.9 Å². The molecule has 0 heterocycles. The van der Waals surface area contributed by atoms with E-state index in [0.29, 0.717) is 0 Å². The summed E-state index contributed by atoms with van der Waals surface area (Å²) in [6, 6.07) is 0. The van der Waals surface area contributed by atoms with Gasteiger partial charge in [0.2, 0.25) is 0 Å². The number of allylic oxidation sites excluding steroid dienone is 2. The Balaban J connectivity index is 1.72. The van der Waals surface area contributed by atoms with Crippen LogP contribution in [0.1, 0.15) is 58.3 Å². The molecule has 2 rings (SSSR count). The normalized spacial score (nSPS) is 41.4. The third-order valence-corrected chi connectivity index (χ3v) is 5.33. The van der Waals surface area contributed by atoms with Gasteiger partial charge in [-0.15, -0.1) is 0 Å². The molecule has 0 aromatic heterocycles. The molecule has 0 N–H and O–H groups in total. The standard InChI is InChI=1S/C15H25Br/c1-12-2-4-13(5-3-12)6-7-14-8-10-15(16)11-9-14/h6-7,12-15H,2-5,8-11H2,1H3. The molecule has 92 valence electrons. The molecular formula is C15H25Br. The maximum atomic E-state index is 3.73. The van der Waals surface area contributed by atoms with Gasteiger partial charge >= 0.3 is 0 Å². The summed E-state index contributed by atoms with van der Waals surface area (Å²) < 4.78 is 0. The fourth-order valence-corrected chi connectivity index (χ4v) is 3.59. The molecule has 2 aliphatic rings. The highest BCUT2D eigenvalue weighted by atomic mass is 79.9. The van der Waals surface area contributed by atoms with Crippen molar-refractivity contribution in [2.45, 2.75) is 63.1 Å². The van der Waals surface area contributed by atoms with Crippen molar-refractivity contribution in [1.29, 1.82) is 0 Å². The molecule has 16 heavy (non-hydrogen) atoms. The van der Waals surface area contributed by atoms with Crippen LogP contribution in [0.25, 0.3) is 0 Å². The average molecular weight is 285 g/mol. The second-order valence-corrected chi connectivity index (χ2v) is 7.21. The van der Waals surface area contributed by atoms with Crippen molar-refractivity contribution in [2.75, 3.05) is 0 Å².